The second kappa shape index (κ2) is 8.54. The second-order valence-corrected chi connectivity index (χ2v) is 6.76. The van der Waals surface area contributed by atoms with Gasteiger partial charge in [0.25, 0.3) is 5.91 Å². The average molecular weight is 393 g/mol. The molecule has 7 heteroatoms. The predicted octanol–water partition coefficient (Wildman–Crippen LogP) is 5.00. The molecule has 28 heavy (non-hydrogen) atoms. The van der Waals surface area contributed by atoms with E-state index in [-0.39, 0.29) is 11.5 Å². The SMILES string of the molecule is COc1ccc(C2CCCCN(C(=O)c3ccccc3OC(F)(F)F)C2)cc1. The van der Waals surface area contributed by atoms with Gasteiger partial charge in [0, 0.05) is 19.0 Å². The number of halogens is 3. The number of carbonyl (C=O) groups is 1. The Labute approximate surface area is 161 Å². The Bertz CT molecular complexity index is 805. The quantitative estimate of drug-likeness (QED) is 0.734. The number of ether oxygens (including phenoxy) is 2. The summed E-state index contributed by atoms with van der Waals surface area (Å²) in [6, 6.07) is 13.2. The van der Waals surface area contributed by atoms with Crippen LogP contribution < -0.4 is 9.47 Å². The first-order valence-corrected chi connectivity index (χ1v) is 9.15. The Kier molecular flexibility index (Phi) is 6.11. The lowest BCUT2D eigenvalue weighted by Crippen LogP contribution is -2.34. The van der Waals surface area contributed by atoms with Crippen molar-refractivity contribution in [2.75, 3.05) is 20.2 Å². The Balaban J connectivity index is 1.81. The lowest BCUT2D eigenvalue weighted by Gasteiger charge is -2.26. The molecule has 2 aromatic rings. The molecule has 2 aromatic carbocycles. The van der Waals surface area contributed by atoms with Gasteiger partial charge in [-0.15, -0.1) is 13.2 Å². The predicted molar refractivity (Wildman–Crippen MR) is 98.6 cm³/mol. The van der Waals surface area contributed by atoms with E-state index in [1.54, 1.807) is 12.0 Å². The molecule has 1 atom stereocenters. The number of nitrogens with zero attached hydrogens (tertiary/aromatic N) is 1. The van der Waals surface area contributed by atoms with Crippen molar-refractivity contribution >= 4 is 5.91 Å². The molecule has 0 saturated carbocycles. The second-order valence-electron chi connectivity index (χ2n) is 6.76. The highest BCUT2D eigenvalue weighted by molar-refractivity contribution is 5.97. The van der Waals surface area contributed by atoms with E-state index in [1.807, 2.05) is 24.3 Å². The third-order valence-electron chi connectivity index (χ3n) is 4.89. The maximum Gasteiger partial charge on any atom is 0.573 e. The third-order valence-corrected chi connectivity index (χ3v) is 4.89. The van der Waals surface area contributed by atoms with Crippen molar-refractivity contribution in [3.63, 3.8) is 0 Å². The Morgan fingerprint density at radius 3 is 2.46 bits per heavy atom. The number of alkyl halides is 3. The zero-order valence-electron chi connectivity index (χ0n) is 15.5. The molecule has 0 spiro atoms. The number of likely N-dealkylation sites (tertiary alicyclic amines) is 1. The number of benzene rings is 2. The number of rotatable bonds is 4. The van der Waals surface area contributed by atoms with Crippen LogP contribution in [-0.2, 0) is 0 Å². The van der Waals surface area contributed by atoms with Crippen LogP contribution in [0.1, 0.15) is 41.1 Å². The van der Waals surface area contributed by atoms with Crippen LogP contribution in [0.15, 0.2) is 48.5 Å². The minimum absolute atomic E-state index is 0.0739. The maximum atomic E-state index is 13.0. The molecule has 1 amide bonds. The van der Waals surface area contributed by atoms with Crippen LogP contribution in [0.3, 0.4) is 0 Å². The summed E-state index contributed by atoms with van der Waals surface area (Å²) in [4.78, 5) is 14.6. The molecule has 3 rings (SSSR count). The monoisotopic (exact) mass is 393 g/mol. The summed E-state index contributed by atoms with van der Waals surface area (Å²) < 4.78 is 47.3. The minimum atomic E-state index is -4.85. The highest BCUT2D eigenvalue weighted by Gasteiger charge is 2.34. The van der Waals surface area contributed by atoms with Crippen LogP contribution in [0.25, 0.3) is 0 Å². The van der Waals surface area contributed by atoms with Crippen LogP contribution in [0.5, 0.6) is 11.5 Å². The van der Waals surface area contributed by atoms with Crippen molar-refractivity contribution in [1.29, 1.82) is 0 Å². The van der Waals surface area contributed by atoms with Gasteiger partial charge < -0.3 is 14.4 Å². The molecule has 1 heterocycles. The highest BCUT2D eigenvalue weighted by atomic mass is 19.4. The smallest absolute Gasteiger partial charge is 0.497 e. The van der Waals surface area contributed by atoms with Gasteiger partial charge in [0.15, 0.2) is 0 Å². The van der Waals surface area contributed by atoms with E-state index < -0.39 is 18.0 Å². The van der Waals surface area contributed by atoms with E-state index in [1.165, 1.54) is 24.3 Å². The van der Waals surface area contributed by atoms with Gasteiger partial charge in [-0.3, -0.25) is 4.79 Å². The van der Waals surface area contributed by atoms with Gasteiger partial charge >= 0.3 is 6.36 Å². The molecule has 0 aromatic heterocycles. The molecular formula is C21H22F3NO3. The Hall–Kier alpha value is -2.70. The van der Waals surface area contributed by atoms with Gasteiger partial charge in [-0.1, -0.05) is 30.7 Å². The van der Waals surface area contributed by atoms with Crippen molar-refractivity contribution in [2.24, 2.45) is 0 Å². The molecule has 0 N–H and O–H groups in total. The summed E-state index contributed by atoms with van der Waals surface area (Å²) in [5, 5.41) is 0. The fourth-order valence-corrected chi connectivity index (χ4v) is 3.50. The van der Waals surface area contributed by atoms with Gasteiger partial charge in [0.05, 0.1) is 12.7 Å². The number of methoxy groups -OCH3 is 1. The molecule has 1 saturated heterocycles. The van der Waals surface area contributed by atoms with Crippen molar-refractivity contribution < 1.29 is 27.4 Å². The summed E-state index contributed by atoms with van der Waals surface area (Å²) in [6.07, 6.45) is -2.18. The summed E-state index contributed by atoms with van der Waals surface area (Å²) in [7, 11) is 1.60. The summed E-state index contributed by atoms with van der Waals surface area (Å²) in [6.45, 7) is 0.956. The molecule has 150 valence electrons. The zero-order valence-corrected chi connectivity index (χ0v) is 15.5. The lowest BCUT2D eigenvalue weighted by atomic mass is 9.94. The minimum Gasteiger partial charge on any atom is -0.497 e. The molecular weight excluding hydrogens is 371 g/mol. The fourth-order valence-electron chi connectivity index (χ4n) is 3.50. The average Bonchev–Trinajstić information content (AvgIpc) is 2.93. The van der Waals surface area contributed by atoms with Gasteiger partial charge in [-0.05, 0) is 42.7 Å². The molecule has 0 bridgehead atoms. The van der Waals surface area contributed by atoms with E-state index in [9.17, 15) is 18.0 Å². The first kappa shape index (κ1) is 20.0. The van der Waals surface area contributed by atoms with Crippen molar-refractivity contribution in [1.82, 2.24) is 4.90 Å². The third kappa shape index (κ3) is 4.97. The Morgan fingerprint density at radius 1 is 1.07 bits per heavy atom. The van der Waals surface area contributed by atoms with Gasteiger partial charge in [0.1, 0.15) is 11.5 Å². The van der Waals surface area contributed by atoms with E-state index in [4.69, 9.17) is 4.74 Å². The van der Waals surface area contributed by atoms with Crippen LogP contribution in [0.4, 0.5) is 13.2 Å². The van der Waals surface area contributed by atoms with Crippen LogP contribution in [0.2, 0.25) is 0 Å². The normalized spacial score (nSPS) is 17.7. The van der Waals surface area contributed by atoms with Crippen molar-refractivity contribution in [3.05, 3.63) is 59.7 Å². The fraction of sp³-hybridized carbons (Fsp3) is 0.381. The Morgan fingerprint density at radius 2 is 1.79 bits per heavy atom. The number of para-hydroxylation sites is 1. The zero-order chi connectivity index (χ0) is 20.1. The van der Waals surface area contributed by atoms with Gasteiger partial charge in [-0.25, -0.2) is 0 Å². The van der Waals surface area contributed by atoms with Crippen LogP contribution >= 0.6 is 0 Å². The molecule has 1 fully saturated rings. The molecule has 1 aliphatic rings. The van der Waals surface area contributed by atoms with E-state index in [0.717, 1.165) is 30.6 Å². The number of amides is 1. The molecule has 0 radical (unpaired) electrons. The molecule has 1 unspecified atom stereocenters. The van der Waals surface area contributed by atoms with E-state index >= 15 is 0 Å². The van der Waals surface area contributed by atoms with Crippen LogP contribution in [0, 0.1) is 0 Å². The molecule has 4 nitrogen and oxygen atoms in total. The first-order chi connectivity index (χ1) is 13.4. The van der Waals surface area contributed by atoms with E-state index in [2.05, 4.69) is 4.74 Å². The lowest BCUT2D eigenvalue weighted by molar-refractivity contribution is -0.274. The maximum absolute atomic E-state index is 13.0. The van der Waals surface area contributed by atoms with Gasteiger partial charge in [0.2, 0.25) is 0 Å². The summed E-state index contributed by atoms with van der Waals surface area (Å²) in [5.41, 5.74) is 1.01. The van der Waals surface area contributed by atoms with Crippen molar-refractivity contribution in [2.45, 2.75) is 31.5 Å². The van der Waals surface area contributed by atoms with Gasteiger partial charge in [-0.2, -0.15) is 0 Å². The number of hydrogen-bond donors (Lipinski definition) is 0. The largest absolute Gasteiger partial charge is 0.573 e. The number of hydrogen-bond acceptors (Lipinski definition) is 3. The standard InChI is InChI=1S/C21H22F3NO3/c1-27-17-11-9-15(10-12-17)16-6-4-5-13-25(14-16)20(26)18-7-2-3-8-19(18)28-21(22,23)24/h2-3,7-12,16H,4-6,13-14H2,1H3. The topological polar surface area (TPSA) is 38.8 Å². The van der Waals surface area contributed by atoms with E-state index in [0.29, 0.717) is 13.1 Å². The summed E-state index contributed by atoms with van der Waals surface area (Å²) >= 11 is 0. The van der Waals surface area contributed by atoms with Crippen LogP contribution in [-0.4, -0.2) is 37.4 Å². The number of carbonyl (C=O) groups excluding carboxylic acids is 1. The molecule has 0 aliphatic carbocycles. The first-order valence-electron chi connectivity index (χ1n) is 9.15. The molecule has 1 aliphatic heterocycles. The highest BCUT2D eigenvalue weighted by Crippen LogP contribution is 2.31. The van der Waals surface area contributed by atoms with Crippen molar-refractivity contribution in [3.8, 4) is 11.5 Å². The summed E-state index contributed by atoms with van der Waals surface area (Å²) in [5.74, 6) is -0.0397.